The first-order chi connectivity index (χ1) is 10.1. The first-order valence-corrected chi connectivity index (χ1v) is 9.28. The summed E-state index contributed by atoms with van der Waals surface area (Å²) in [6, 6.07) is 0.882. The molecule has 2 saturated carbocycles. The Labute approximate surface area is 130 Å². The molecule has 1 aliphatic heterocycles. The monoisotopic (exact) mass is 294 g/mol. The van der Waals surface area contributed by atoms with E-state index in [-0.39, 0.29) is 6.10 Å². The van der Waals surface area contributed by atoms with Gasteiger partial charge in [0.25, 0.3) is 0 Å². The maximum Gasteiger partial charge on any atom is 0.0585 e. The predicted molar refractivity (Wildman–Crippen MR) is 87.3 cm³/mol. The maximum atomic E-state index is 10.4. The van der Waals surface area contributed by atoms with Crippen LogP contribution in [0.3, 0.4) is 0 Å². The van der Waals surface area contributed by atoms with E-state index in [9.17, 15) is 5.11 Å². The van der Waals surface area contributed by atoms with Gasteiger partial charge in [0.15, 0.2) is 0 Å². The molecule has 0 amide bonds. The van der Waals surface area contributed by atoms with Gasteiger partial charge < -0.3 is 10.0 Å². The molecule has 122 valence electrons. The highest BCUT2D eigenvalue weighted by Gasteiger charge is 2.35. The Morgan fingerprint density at radius 3 is 2.24 bits per heavy atom. The molecule has 4 unspecified atom stereocenters. The minimum absolute atomic E-state index is 0.0726. The molecule has 4 atom stereocenters. The van der Waals surface area contributed by atoms with Gasteiger partial charge in [-0.3, -0.25) is 4.90 Å². The van der Waals surface area contributed by atoms with Crippen molar-refractivity contribution in [2.75, 3.05) is 32.7 Å². The van der Waals surface area contributed by atoms with Crippen molar-refractivity contribution in [3.8, 4) is 0 Å². The third-order valence-corrected chi connectivity index (χ3v) is 6.36. The van der Waals surface area contributed by atoms with Gasteiger partial charge in [-0.15, -0.1) is 0 Å². The van der Waals surface area contributed by atoms with Gasteiger partial charge in [-0.05, 0) is 37.5 Å². The van der Waals surface area contributed by atoms with Crippen molar-refractivity contribution in [1.29, 1.82) is 0 Å². The molecule has 0 spiro atoms. The van der Waals surface area contributed by atoms with E-state index in [4.69, 9.17) is 0 Å². The van der Waals surface area contributed by atoms with Crippen molar-refractivity contribution in [2.24, 2.45) is 17.8 Å². The van der Waals surface area contributed by atoms with Gasteiger partial charge in [0.1, 0.15) is 0 Å². The molecule has 0 bridgehead atoms. The van der Waals surface area contributed by atoms with Crippen molar-refractivity contribution >= 4 is 0 Å². The standard InChI is InChI=1S/C18H34N2O/c1-14-11-15(2)17(18(21)12-14)13-19-7-9-20(10-8-19)16-5-3-4-6-16/h14-18,21H,3-13H2,1-2H3. The summed E-state index contributed by atoms with van der Waals surface area (Å²) < 4.78 is 0. The fourth-order valence-corrected chi connectivity index (χ4v) is 5.05. The second-order valence-electron chi connectivity index (χ2n) is 8.06. The van der Waals surface area contributed by atoms with Crippen LogP contribution >= 0.6 is 0 Å². The summed E-state index contributed by atoms with van der Waals surface area (Å²) in [5, 5.41) is 10.4. The highest BCUT2D eigenvalue weighted by atomic mass is 16.3. The number of rotatable bonds is 3. The zero-order chi connectivity index (χ0) is 14.8. The van der Waals surface area contributed by atoms with Crippen LogP contribution in [0.4, 0.5) is 0 Å². The Morgan fingerprint density at radius 1 is 0.952 bits per heavy atom. The molecule has 1 N–H and O–H groups in total. The average Bonchev–Trinajstić information content (AvgIpc) is 2.97. The van der Waals surface area contributed by atoms with Crippen LogP contribution in [0.5, 0.6) is 0 Å². The second-order valence-corrected chi connectivity index (χ2v) is 8.06. The Hall–Kier alpha value is -0.120. The summed E-state index contributed by atoms with van der Waals surface area (Å²) in [4.78, 5) is 5.35. The van der Waals surface area contributed by atoms with Gasteiger partial charge >= 0.3 is 0 Å². The molecular formula is C18H34N2O. The number of hydrogen-bond donors (Lipinski definition) is 1. The van der Waals surface area contributed by atoms with Crippen LogP contribution in [0, 0.1) is 17.8 Å². The summed E-state index contributed by atoms with van der Waals surface area (Å²) in [6.07, 6.45) is 7.97. The minimum Gasteiger partial charge on any atom is -0.393 e. The largest absolute Gasteiger partial charge is 0.393 e. The van der Waals surface area contributed by atoms with Crippen molar-refractivity contribution < 1.29 is 5.11 Å². The van der Waals surface area contributed by atoms with E-state index in [1.54, 1.807) is 0 Å². The summed E-state index contributed by atoms with van der Waals surface area (Å²) in [6.45, 7) is 10.7. The topological polar surface area (TPSA) is 26.7 Å². The van der Waals surface area contributed by atoms with Crippen molar-refractivity contribution in [1.82, 2.24) is 9.80 Å². The molecule has 0 radical (unpaired) electrons. The van der Waals surface area contributed by atoms with Crippen LogP contribution in [0.25, 0.3) is 0 Å². The van der Waals surface area contributed by atoms with E-state index in [1.165, 1.54) is 58.3 Å². The second kappa shape index (κ2) is 6.97. The SMILES string of the molecule is CC1CC(C)C(CN2CCN(C3CCCC3)CC2)C(O)C1. The van der Waals surface area contributed by atoms with Gasteiger partial charge in [-0.1, -0.05) is 26.7 Å². The zero-order valence-corrected chi connectivity index (χ0v) is 14.0. The molecule has 3 heteroatoms. The lowest BCUT2D eigenvalue weighted by Gasteiger charge is -2.43. The third kappa shape index (κ3) is 3.80. The molecular weight excluding hydrogens is 260 g/mol. The first-order valence-electron chi connectivity index (χ1n) is 9.28. The van der Waals surface area contributed by atoms with E-state index in [0.29, 0.717) is 17.8 Å². The molecule has 0 aromatic heterocycles. The molecule has 3 nitrogen and oxygen atoms in total. The Kier molecular flexibility index (Phi) is 5.23. The zero-order valence-electron chi connectivity index (χ0n) is 14.0. The summed E-state index contributed by atoms with van der Waals surface area (Å²) in [5.74, 6) is 1.88. The van der Waals surface area contributed by atoms with Crippen molar-refractivity contribution in [3.05, 3.63) is 0 Å². The van der Waals surface area contributed by atoms with Crippen LogP contribution in [0.15, 0.2) is 0 Å². The van der Waals surface area contributed by atoms with Crippen LogP contribution in [-0.4, -0.2) is 59.8 Å². The van der Waals surface area contributed by atoms with E-state index >= 15 is 0 Å². The molecule has 3 fully saturated rings. The molecule has 3 rings (SSSR count). The van der Waals surface area contributed by atoms with Gasteiger partial charge in [-0.2, -0.15) is 0 Å². The normalized spacial score (nSPS) is 40.7. The Morgan fingerprint density at radius 2 is 1.62 bits per heavy atom. The average molecular weight is 294 g/mol. The van der Waals surface area contributed by atoms with Crippen LogP contribution in [0.1, 0.15) is 52.4 Å². The molecule has 3 aliphatic rings. The fraction of sp³-hybridized carbons (Fsp3) is 1.00. The third-order valence-electron chi connectivity index (χ3n) is 6.36. The van der Waals surface area contributed by atoms with E-state index in [0.717, 1.165) is 19.0 Å². The number of nitrogens with zero attached hydrogens (tertiary/aromatic N) is 2. The van der Waals surface area contributed by atoms with Crippen LogP contribution in [0.2, 0.25) is 0 Å². The fourth-order valence-electron chi connectivity index (χ4n) is 5.05. The van der Waals surface area contributed by atoms with Crippen molar-refractivity contribution in [2.45, 2.75) is 64.5 Å². The number of aliphatic hydroxyl groups excluding tert-OH is 1. The highest BCUT2D eigenvalue weighted by Crippen LogP contribution is 2.34. The lowest BCUT2D eigenvalue weighted by atomic mass is 9.73. The lowest BCUT2D eigenvalue weighted by molar-refractivity contribution is -0.0122. The van der Waals surface area contributed by atoms with Gasteiger partial charge in [0.05, 0.1) is 6.10 Å². The van der Waals surface area contributed by atoms with E-state index in [2.05, 4.69) is 23.6 Å². The molecule has 2 aliphatic carbocycles. The van der Waals surface area contributed by atoms with Gasteiger partial charge in [0, 0.05) is 44.7 Å². The van der Waals surface area contributed by atoms with Gasteiger partial charge in [-0.25, -0.2) is 0 Å². The van der Waals surface area contributed by atoms with Gasteiger partial charge in [0.2, 0.25) is 0 Å². The molecule has 0 aromatic rings. The number of hydrogen-bond acceptors (Lipinski definition) is 3. The van der Waals surface area contributed by atoms with Crippen LogP contribution in [-0.2, 0) is 0 Å². The number of aliphatic hydroxyl groups is 1. The quantitative estimate of drug-likeness (QED) is 0.867. The Bertz CT molecular complexity index is 309. The first kappa shape index (κ1) is 15.8. The maximum absolute atomic E-state index is 10.4. The minimum atomic E-state index is -0.0726. The van der Waals surface area contributed by atoms with Crippen LogP contribution < -0.4 is 0 Å². The summed E-state index contributed by atoms with van der Waals surface area (Å²) in [5.41, 5.74) is 0. The molecule has 1 heterocycles. The molecule has 21 heavy (non-hydrogen) atoms. The van der Waals surface area contributed by atoms with Crippen molar-refractivity contribution in [3.63, 3.8) is 0 Å². The highest BCUT2D eigenvalue weighted by molar-refractivity contribution is 4.87. The molecule has 0 aromatic carbocycles. The predicted octanol–water partition coefficient (Wildman–Crippen LogP) is 2.59. The number of piperazine rings is 1. The Balaban J connectivity index is 1.46. The summed E-state index contributed by atoms with van der Waals surface area (Å²) >= 11 is 0. The van der Waals surface area contributed by atoms with E-state index in [1.807, 2.05) is 0 Å². The smallest absolute Gasteiger partial charge is 0.0585 e. The molecule has 1 saturated heterocycles. The van der Waals surface area contributed by atoms with E-state index < -0.39 is 0 Å². The lowest BCUT2D eigenvalue weighted by Crippen LogP contribution is -2.52. The summed E-state index contributed by atoms with van der Waals surface area (Å²) in [7, 11) is 0.